The maximum Gasteiger partial charge on any atom is 0.251 e. The molecule has 0 bridgehead atoms. The van der Waals surface area contributed by atoms with Gasteiger partial charge in [0, 0.05) is 24.7 Å². The molecule has 1 unspecified atom stereocenters. The van der Waals surface area contributed by atoms with Crippen LogP contribution in [0.5, 0.6) is 0 Å². The highest BCUT2D eigenvalue weighted by molar-refractivity contribution is 5.94. The number of nitrogens with two attached hydrogens (primary N) is 2. The van der Waals surface area contributed by atoms with E-state index >= 15 is 0 Å². The summed E-state index contributed by atoms with van der Waals surface area (Å²) >= 11 is 0. The minimum atomic E-state index is -0.0647. The minimum Gasteiger partial charge on any atom is -0.348 e. The van der Waals surface area contributed by atoms with Crippen LogP contribution in [0.25, 0.3) is 0 Å². The molecule has 1 aromatic carbocycles. The number of hydrogen-bond donors (Lipinski definition) is 3. The van der Waals surface area contributed by atoms with Gasteiger partial charge in [0.25, 0.3) is 5.91 Å². The molecule has 0 aromatic heterocycles. The van der Waals surface area contributed by atoms with Crippen LogP contribution in [0.2, 0.25) is 0 Å². The first-order chi connectivity index (χ1) is 8.71. The standard InChI is InChI=1S/C14H23N3O/c1-2-3-4-13(10-16)17-14(18)12-7-5-11(9-15)6-8-12/h5-8,13H,2-4,9-10,15-16H2,1H3,(H,17,18). The maximum absolute atomic E-state index is 12.0. The number of hydrogen-bond acceptors (Lipinski definition) is 3. The number of nitrogens with one attached hydrogen (secondary N) is 1. The molecule has 4 heteroatoms. The normalized spacial score (nSPS) is 12.2. The molecule has 1 amide bonds. The van der Waals surface area contributed by atoms with Crippen molar-refractivity contribution in [2.75, 3.05) is 6.54 Å². The van der Waals surface area contributed by atoms with Crippen molar-refractivity contribution in [2.24, 2.45) is 11.5 Å². The Morgan fingerprint density at radius 3 is 2.44 bits per heavy atom. The number of rotatable bonds is 7. The second-order valence-corrected chi connectivity index (χ2v) is 4.45. The third-order valence-electron chi connectivity index (χ3n) is 2.98. The number of carbonyl (C=O) groups is 1. The van der Waals surface area contributed by atoms with Crippen LogP contribution in [-0.2, 0) is 6.54 Å². The first-order valence-corrected chi connectivity index (χ1v) is 6.51. The van der Waals surface area contributed by atoms with Crippen LogP contribution in [0.4, 0.5) is 0 Å². The summed E-state index contributed by atoms with van der Waals surface area (Å²) in [7, 11) is 0. The summed E-state index contributed by atoms with van der Waals surface area (Å²) in [6.45, 7) is 3.09. The Morgan fingerprint density at radius 1 is 1.28 bits per heavy atom. The second-order valence-electron chi connectivity index (χ2n) is 4.45. The predicted molar refractivity (Wildman–Crippen MR) is 74.2 cm³/mol. The lowest BCUT2D eigenvalue weighted by atomic mass is 10.1. The van der Waals surface area contributed by atoms with Crippen LogP contribution in [0, 0.1) is 0 Å². The van der Waals surface area contributed by atoms with Gasteiger partial charge in [0.05, 0.1) is 0 Å². The van der Waals surface area contributed by atoms with Crippen molar-refractivity contribution in [3.63, 3.8) is 0 Å². The molecule has 100 valence electrons. The molecule has 0 aliphatic rings. The summed E-state index contributed by atoms with van der Waals surface area (Å²) in [5.74, 6) is -0.0647. The average Bonchev–Trinajstić information content (AvgIpc) is 2.43. The summed E-state index contributed by atoms with van der Waals surface area (Å²) in [6.07, 6.45) is 3.12. The second kappa shape index (κ2) is 7.84. The van der Waals surface area contributed by atoms with Crippen LogP contribution in [0.1, 0.15) is 42.1 Å². The van der Waals surface area contributed by atoms with E-state index in [9.17, 15) is 4.79 Å². The zero-order chi connectivity index (χ0) is 13.4. The van der Waals surface area contributed by atoms with Gasteiger partial charge < -0.3 is 16.8 Å². The first-order valence-electron chi connectivity index (χ1n) is 6.51. The summed E-state index contributed by atoms with van der Waals surface area (Å²) in [4.78, 5) is 12.0. The highest BCUT2D eigenvalue weighted by Gasteiger charge is 2.11. The first kappa shape index (κ1) is 14.7. The Labute approximate surface area is 109 Å². The summed E-state index contributed by atoms with van der Waals surface area (Å²) in [6, 6.07) is 7.40. The van der Waals surface area contributed by atoms with Crippen LogP contribution in [0.3, 0.4) is 0 Å². The molecule has 0 aliphatic heterocycles. The van der Waals surface area contributed by atoms with E-state index in [1.54, 1.807) is 12.1 Å². The molecule has 1 rings (SSSR count). The number of unbranched alkanes of at least 4 members (excludes halogenated alkanes) is 1. The molecule has 4 nitrogen and oxygen atoms in total. The lowest BCUT2D eigenvalue weighted by Gasteiger charge is -2.16. The quantitative estimate of drug-likeness (QED) is 0.683. The van der Waals surface area contributed by atoms with Crippen LogP contribution < -0.4 is 16.8 Å². The van der Waals surface area contributed by atoms with Crippen LogP contribution >= 0.6 is 0 Å². The van der Waals surface area contributed by atoms with Crippen molar-refractivity contribution in [2.45, 2.75) is 38.8 Å². The third-order valence-corrected chi connectivity index (χ3v) is 2.98. The summed E-state index contributed by atoms with van der Waals surface area (Å²) in [5, 5.41) is 2.96. The molecule has 1 aromatic rings. The largest absolute Gasteiger partial charge is 0.348 e. The van der Waals surface area contributed by atoms with Gasteiger partial charge in [-0.05, 0) is 24.1 Å². The van der Waals surface area contributed by atoms with Gasteiger partial charge in [0.15, 0.2) is 0 Å². The average molecular weight is 249 g/mol. The van der Waals surface area contributed by atoms with Gasteiger partial charge >= 0.3 is 0 Å². The van der Waals surface area contributed by atoms with E-state index in [1.807, 2.05) is 12.1 Å². The molecule has 0 heterocycles. The molecule has 5 N–H and O–H groups in total. The molecule has 0 saturated carbocycles. The topological polar surface area (TPSA) is 81.1 Å². The van der Waals surface area contributed by atoms with E-state index in [-0.39, 0.29) is 11.9 Å². The van der Waals surface area contributed by atoms with Crippen LogP contribution in [-0.4, -0.2) is 18.5 Å². The highest BCUT2D eigenvalue weighted by Crippen LogP contribution is 2.05. The van der Waals surface area contributed by atoms with Crippen molar-refractivity contribution in [1.82, 2.24) is 5.32 Å². The van der Waals surface area contributed by atoms with Crippen molar-refractivity contribution >= 4 is 5.91 Å². The van der Waals surface area contributed by atoms with E-state index in [1.165, 1.54) is 0 Å². The van der Waals surface area contributed by atoms with E-state index in [2.05, 4.69) is 12.2 Å². The van der Waals surface area contributed by atoms with Gasteiger partial charge in [0.1, 0.15) is 0 Å². The predicted octanol–water partition coefficient (Wildman–Crippen LogP) is 1.39. The van der Waals surface area contributed by atoms with Gasteiger partial charge in [-0.15, -0.1) is 0 Å². The fourth-order valence-corrected chi connectivity index (χ4v) is 1.76. The summed E-state index contributed by atoms with van der Waals surface area (Å²) in [5.41, 5.74) is 12.8. The van der Waals surface area contributed by atoms with Crippen molar-refractivity contribution < 1.29 is 4.79 Å². The lowest BCUT2D eigenvalue weighted by Crippen LogP contribution is -2.40. The molecule has 1 atom stereocenters. The minimum absolute atomic E-state index is 0.0617. The monoisotopic (exact) mass is 249 g/mol. The van der Waals surface area contributed by atoms with Crippen molar-refractivity contribution in [1.29, 1.82) is 0 Å². The zero-order valence-corrected chi connectivity index (χ0v) is 11.0. The molecule has 0 radical (unpaired) electrons. The van der Waals surface area contributed by atoms with Crippen molar-refractivity contribution in [3.8, 4) is 0 Å². The Kier molecular flexibility index (Phi) is 6.39. The van der Waals surface area contributed by atoms with Gasteiger partial charge in [-0.3, -0.25) is 4.79 Å². The van der Waals surface area contributed by atoms with Gasteiger partial charge in [-0.2, -0.15) is 0 Å². The van der Waals surface area contributed by atoms with E-state index in [0.29, 0.717) is 18.7 Å². The number of carbonyl (C=O) groups excluding carboxylic acids is 1. The number of amides is 1. The Balaban J connectivity index is 2.56. The lowest BCUT2D eigenvalue weighted by molar-refractivity contribution is 0.0936. The SMILES string of the molecule is CCCCC(CN)NC(=O)c1ccc(CN)cc1. The highest BCUT2D eigenvalue weighted by atomic mass is 16.1. The molecule has 0 spiro atoms. The fourth-order valence-electron chi connectivity index (χ4n) is 1.76. The number of benzene rings is 1. The van der Waals surface area contributed by atoms with E-state index in [0.717, 1.165) is 24.8 Å². The van der Waals surface area contributed by atoms with Crippen LogP contribution in [0.15, 0.2) is 24.3 Å². The maximum atomic E-state index is 12.0. The zero-order valence-electron chi connectivity index (χ0n) is 11.0. The smallest absolute Gasteiger partial charge is 0.251 e. The van der Waals surface area contributed by atoms with Gasteiger partial charge in [-0.1, -0.05) is 31.9 Å². The fraction of sp³-hybridized carbons (Fsp3) is 0.500. The van der Waals surface area contributed by atoms with Gasteiger partial charge in [-0.25, -0.2) is 0 Å². The Hall–Kier alpha value is -1.39. The molecule has 18 heavy (non-hydrogen) atoms. The Morgan fingerprint density at radius 2 is 1.94 bits per heavy atom. The Bertz CT molecular complexity index is 362. The molecule has 0 aliphatic carbocycles. The molecular formula is C14H23N3O. The molecular weight excluding hydrogens is 226 g/mol. The van der Waals surface area contributed by atoms with E-state index < -0.39 is 0 Å². The summed E-state index contributed by atoms with van der Waals surface area (Å²) < 4.78 is 0. The van der Waals surface area contributed by atoms with Gasteiger partial charge in [0.2, 0.25) is 0 Å². The van der Waals surface area contributed by atoms with E-state index in [4.69, 9.17) is 11.5 Å². The van der Waals surface area contributed by atoms with Crippen molar-refractivity contribution in [3.05, 3.63) is 35.4 Å². The molecule has 0 fully saturated rings. The molecule has 0 saturated heterocycles. The third kappa shape index (κ3) is 4.47.